The molecule has 0 fully saturated rings. The summed E-state index contributed by atoms with van der Waals surface area (Å²) in [4.78, 5) is 16.2. The number of anilines is 2. The Balaban J connectivity index is 1.18. The molecule has 0 aliphatic carbocycles. The highest BCUT2D eigenvalue weighted by Crippen LogP contribution is 2.32. The third-order valence-electron chi connectivity index (χ3n) is 7.01. The molecule has 0 saturated carbocycles. The Morgan fingerprint density at radius 3 is 2.76 bits per heavy atom. The highest BCUT2D eigenvalue weighted by Gasteiger charge is 2.15. The van der Waals surface area contributed by atoms with Gasteiger partial charge in [-0.1, -0.05) is 36.9 Å². The van der Waals surface area contributed by atoms with E-state index in [1.807, 2.05) is 66.9 Å². The number of nitrogens with one attached hydrogen (secondary N) is 3. The molecule has 1 unspecified atom stereocenters. The van der Waals surface area contributed by atoms with Crippen LogP contribution in [0.4, 0.5) is 11.4 Å². The van der Waals surface area contributed by atoms with Crippen LogP contribution >= 0.6 is 24.0 Å². The van der Waals surface area contributed by atoms with Crippen LogP contribution in [-0.2, 0) is 6.42 Å². The number of aliphatic imine (C=N–C) groups is 2. The molecule has 3 heterocycles. The first-order valence-corrected chi connectivity index (χ1v) is 15.6. The first-order valence-electron chi connectivity index (χ1n) is 14.3. The maximum atomic E-state index is 10.0. The van der Waals surface area contributed by atoms with Crippen molar-refractivity contribution in [2.75, 3.05) is 23.8 Å². The van der Waals surface area contributed by atoms with Crippen molar-refractivity contribution in [2.45, 2.75) is 17.2 Å². The molecule has 0 saturated heterocycles. The Morgan fingerprint density at radius 2 is 1.98 bits per heavy atom. The third-order valence-corrected chi connectivity index (χ3v) is 8.47. The Bertz CT molecular complexity index is 1820. The van der Waals surface area contributed by atoms with E-state index in [1.54, 1.807) is 29.9 Å². The summed E-state index contributed by atoms with van der Waals surface area (Å²) in [5, 5.41) is 19.9. The fraction of sp³-hybridized carbons (Fsp3) is 0.111. The number of dihydropyridines is 1. The second-order valence-corrected chi connectivity index (χ2v) is 11.9. The van der Waals surface area contributed by atoms with Crippen molar-refractivity contribution in [3.05, 3.63) is 137 Å². The number of aromatic nitrogens is 1. The Morgan fingerprint density at radius 1 is 1.13 bits per heavy atom. The van der Waals surface area contributed by atoms with Crippen LogP contribution in [0.5, 0.6) is 0 Å². The summed E-state index contributed by atoms with van der Waals surface area (Å²) in [7, 11) is 0. The van der Waals surface area contributed by atoms with Gasteiger partial charge in [-0.3, -0.25) is 15.0 Å². The molecule has 0 amide bonds. The van der Waals surface area contributed by atoms with Crippen molar-refractivity contribution < 1.29 is 0 Å². The summed E-state index contributed by atoms with van der Waals surface area (Å²) >= 11 is 6.08. The van der Waals surface area contributed by atoms with Gasteiger partial charge in [-0.15, -0.1) is 24.0 Å². The summed E-state index contributed by atoms with van der Waals surface area (Å²) in [5.74, 6) is -0.328. The summed E-state index contributed by atoms with van der Waals surface area (Å²) in [6.45, 7) is 9.10. The highest BCUT2D eigenvalue weighted by molar-refractivity contribution is 7.80. The van der Waals surface area contributed by atoms with Gasteiger partial charge in [-0.2, -0.15) is 5.26 Å². The van der Waals surface area contributed by atoms with E-state index in [2.05, 4.69) is 87.2 Å². The number of hydrogen-bond donors (Lipinski definition) is 4. The van der Waals surface area contributed by atoms with Crippen LogP contribution in [0.15, 0.2) is 136 Å². The minimum absolute atomic E-state index is 0.328. The molecule has 224 valence electrons. The van der Waals surface area contributed by atoms with Crippen LogP contribution in [0.25, 0.3) is 16.1 Å². The fourth-order valence-electron chi connectivity index (χ4n) is 4.66. The first-order chi connectivity index (χ1) is 22.0. The average molecular weight is 628 g/mol. The Kier molecular flexibility index (Phi) is 10.8. The molecule has 9 heteroatoms. The zero-order valence-electron chi connectivity index (χ0n) is 24.6. The van der Waals surface area contributed by atoms with E-state index >= 15 is 0 Å². The molecule has 45 heavy (non-hydrogen) atoms. The maximum Gasteiger partial charge on any atom is 0.107 e. The van der Waals surface area contributed by atoms with E-state index < -0.39 is 0 Å². The number of thiophene rings is 1. The fourth-order valence-corrected chi connectivity index (χ4v) is 5.87. The van der Waals surface area contributed by atoms with Crippen molar-refractivity contribution in [3.63, 3.8) is 0 Å². The molecule has 7 nitrogen and oxygen atoms in total. The number of nitrogens with zero attached hydrogens (tertiary/aromatic N) is 4. The van der Waals surface area contributed by atoms with E-state index in [0.29, 0.717) is 18.8 Å². The number of thiol groups is 1. The zero-order chi connectivity index (χ0) is 31.4. The summed E-state index contributed by atoms with van der Waals surface area (Å²) in [5.41, 5.74) is 7.02. The zero-order valence-corrected chi connectivity index (χ0v) is 26.4. The topological polar surface area (TPSA) is 97.5 Å². The monoisotopic (exact) mass is 627 g/mol. The number of hydrogen-bond acceptors (Lipinski definition) is 9. The van der Waals surface area contributed by atoms with Gasteiger partial charge in [0.1, 0.15) is 6.67 Å². The molecule has 3 N–H and O–H groups in total. The van der Waals surface area contributed by atoms with E-state index in [9.17, 15) is 5.26 Å². The van der Waals surface area contributed by atoms with Gasteiger partial charge in [0, 0.05) is 80.6 Å². The second-order valence-electron chi connectivity index (χ2n) is 10.2. The third kappa shape index (κ3) is 8.70. The number of benzene rings is 2. The largest absolute Gasteiger partial charge is 0.387 e. The molecule has 2 aromatic carbocycles. The second kappa shape index (κ2) is 15.5. The normalized spacial score (nSPS) is 13.4. The molecule has 2 aromatic heterocycles. The van der Waals surface area contributed by atoms with Gasteiger partial charge in [0.25, 0.3) is 0 Å². The van der Waals surface area contributed by atoms with Crippen molar-refractivity contribution >= 4 is 54.0 Å². The smallest absolute Gasteiger partial charge is 0.107 e. The van der Waals surface area contributed by atoms with E-state index in [4.69, 9.17) is 0 Å². The van der Waals surface area contributed by atoms with Gasteiger partial charge in [0.15, 0.2) is 0 Å². The number of rotatable bonds is 13. The molecular formula is C36H33N7S2. The maximum absolute atomic E-state index is 10.0. The molecule has 0 spiro atoms. The molecule has 5 rings (SSSR count). The minimum Gasteiger partial charge on any atom is -0.387 e. The first kappa shape index (κ1) is 31.3. The van der Waals surface area contributed by atoms with E-state index in [0.717, 1.165) is 55.7 Å². The lowest BCUT2D eigenvalue weighted by molar-refractivity contribution is 0.854. The standard InChI is InChI=1S/C36H33N7S2/c1-25(43-32-7-3-6-31(19-32)42-24-40-16-14-35(38-2)27-5-4-15-39-21-27)29-17-30(23-41-22-29)28(20-37)18-34-12-13-36(45-34)26-8-10-33(44)11-9-26/h3-14,16-17,19,21-23,28,39,42-44H,1-2,15,18,24H2/b35-14-,40-16-. The van der Waals surface area contributed by atoms with E-state index in [1.165, 1.54) is 4.88 Å². The van der Waals surface area contributed by atoms with Crippen LogP contribution in [0.1, 0.15) is 21.9 Å². The quantitative estimate of drug-likeness (QED) is 0.0887. The lowest BCUT2D eigenvalue weighted by Gasteiger charge is -2.14. The summed E-state index contributed by atoms with van der Waals surface area (Å²) in [6, 6.07) is 24.7. The predicted molar refractivity (Wildman–Crippen MR) is 192 cm³/mol. The number of pyridine rings is 1. The highest BCUT2D eigenvalue weighted by atomic mass is 32.1. The molecule has 1 atom stereocenters. The molecule has 1 aliphatic rings. The SMILES string of the molecule is C=N/C(=C\C=N/CNc1cccc(NC(=C)c2cncc(C(C#N)Cc3ccc(-c4ccc(S)cc4)s3)c2)c1)C1=CNCC=C1. The minimum atomic E-state index is -0.328. The average Bonchev–Trinajstić information content (AvgIpc) is 3.55. The lowest BCUT2D eigenvalue weighted by atomic mass is 9.96. The van der Waals surface area contributed by atoms with Crippen molar-refractivity contribution in [2.24, 2.45) is 9.98 Å². The van der Waals surface area contributed by atoms with Gasteiger partial charge >= 0.3 is 0 Å². The predicted octanol–water partition coefficient (Wildman–Crippen LogP) is 8.10. The summed E-state index contributed by atoms with van der Waals surface area (Å²) < 4.78 is 0. The van der Waals surface area contributed by atoms with Crippen LogP contribution in [-0.4, -0.2) is 31.1 Å². The van der Waals surface area contributed by atoms with Gasteiger partial charge in [-0.25, -0.2) is 0 Å². The molecular weight excluding hydrogens is 595 g/mol. The van der Waals surface area contributed by atoms with Gasteiger partial charge in [-0.05, 0) is 72.5 Å². The van der Waals surface area contributed by atoms with Crippen molar-refractivity contribution in [1.82, 2.24) is 10.3 Å². The van der Waals surface area contributed by atoms with Crippen LogP contribution in [0.3, 0.4) is 0 Å². The van der Waals surface area contributed by atoms with Gasteiger partial charge in [0.2, 0.25) is 0 Å². The van der Waals surface area contributed by atoms with Crippen molar-refractivity contribution in [1.29, 1.82) is 5.26 Å². The molecule has 4 aromatic rings. The van der Waals surface area contributed by atoms with Crippen LogP contribution in [0, 0.1) is 11.3 Å². The summed E-state index contributed by atoms with van der Waals surface area (Å²) in [6.07, 6.45) is 13.6. The number of allylic oxidation sites excluding steroid dienone is 2. The van der Waals surface area contributed by atoms with Gasteiger partial charge in [0.05, 0.1) is 17.7 Å². The Hall–Kier alpha value is -5.17. The van der Waals surface area contributed by atoms with Crippen molar-refractivity contribution in [3.8, 4) is 16.5 Å². The molecule has 1 aliphatic heterocycles. The lowest BCUT2D eigenvalue weighted by Crippen LogP contribution is -2.09. The van der Waals surface area contributed by atoms with E-state index in [-0.39, 0.29) is 5.92 Å². The molecule has 0 bridgehead atoms. The van der Waals surface area contributed by atoms with Gasteiger partial charge < -0.3 is 16.0 Å². The van der Waals surface area contributed by atoms with Crippen LogP contribution < -0.4 is 16.0 Å². The Labute approximate surface area is 273 Å². The molecule has 0 radical (unpaired) electrons. The number of nitriles is 1. The van der Waals surface area contributed by atoms with Crippen LogP contribution in [0.2, 0.25) is 0 Å².